The number of hydrogen-bond acceptors (Lipinski definition) is 3. The van der Waals surface area contributed by atoms with Crippen molar-refractivity contribution in [1.29, 1.82) is 0 Å². The highest BCUT2D eigenvalue weighted by Gasteiger charge is 2.30. The first-order valence-electron chi connectivity index (χ1n) is 7.03. The van der Waals surface area contributed by atoms with Gasteiger partial charge in [-0.2, -0.15) is 11.8 Å². The van der Waals surface area contributed by atoms with E-state index < -0.39 is 0 Å². The van der Waals surface area contributed by atoms with Crippen molar-refractivity contribution in [3.63, 3.8) is 0 Å². The maximum atomic E-state index is 11.7. The normalized spacial score (nSPS) is 29.0. The van der Waals surface area contributed by atoms with Gasteiger partial charge in [0.05, 0.1) is 6.10 Å². The lowest BCUT2D eigenvalue weighted by molar-refractivity contribution is 0.149. The molecule has 2 aliphatic rings. The van der Waals surface area contributed by atoms with E-state index >= 15 is 0 Å². The van der Waals surface area contributed by atoms with Crippen LogP contribution in [-0.4, -0.2) is 40.8 Å². The predicted molar refractivity (Wildman–Crippen MR) is 74.8 cm³/mol. The molecule has 2 rings (SSSR count). The van der Waals surface area contributed by atoms with E-state index in [0.29, 0.717) is 23.8 Å². The van der Waals surface area contributed by atoms with E-state index in [1.165, 1.54) is 6.42 Å². The highest BCUT2D eigenvalue weighted by molar-refractivity contribution is 7.99. The molecule has 2 saturated carbocycles. The fraction of sp³-hybridized carbons (Fsp3) is 0.923. The van der Waals surface area contributed by atoms with Crippen LogP contribution in [0.5, 0.6) is 0 Å². The number of aliphatic hydroxyl groups is 1. The lowest BCUT2D eigenvalue weighted by Crippen LogP contribution is -2.44. The summed E-state index contributed by atoms with van der Waals surface area (Å²) in [7, 11) is 0. The molecule has 0 aromatic heterocycles. The minimum atomic E-state index is -0.359. The van der Waals surface area contributed by atoms with Crippen LogP contribution in [0.25, 0.3) is 0 Å². The second-order valence-corrected chi connectivity index (χ2v) is 6.92. The van der Waals surface area contributed by atoms with Crippen LogP contribution in [0.3, 0.4) is 0 Å². The van der Waals surface area contributed by atoms with E-state index in [4.69, 9.17) is 0 Å². The monoisotopic (exact) mass is 272 g/mol. The summed E-state index contributed by atoms with van der Waals surface area (Å²) < 4.78 is 0. The number of hydrogen-bond donors (Lipinski definition) is 3. The van der Waals surface area contributed by atoms with E-state index in [1.807, 2.05) is 11.8 Å². The van der Waals surface area contributed by atoms with Gasteiger partial charge in [-0.15, -0.1) is 0 Å². The van der Waals surface area contributed by atoms with Crippen molar-refractivity contribution in [2.24, 2.45) is 5.92 Å². The number of urea groups is 1. The standard InChI is InChI=1S/C13H24N2O2S/c1-2-18-11-6-5-10(7-11)15-13(17)14-8-12(16)9-3-4-9/h9-12,16H,2-8H2,1H3,(H2,14,15,17)/t10-,11-,12-/m1/s1. The number of nitrogens with one attached hydrogen (secondary N) is 2. The predicted octanol–water partition coefficient (Wildman–Crippen LogP) is 1.73. The number of amides is 2. The molecule has 0 heterocycles. The van der Waals surface area contributed by atoms with Crippen LogP contribution >= 0.6 is 11.8 Å². The minimum Gasteiger partial charge on any atom is -0.391 e. The molecular formula is C13H24N2O2S. The molecule has 0 unspecified atom stereocenters. The van der Waals surface area contributed by atoms with Crippen LogP contribution in [0.15, 0.2) is 0 Å². The van der Waals surface area contributed by atoms with Crippen LogP contribution in [-0.2, 0) is 0 Å². The maximum Gasteiger partial charge on any atom is 0.315 e. The van der Waals surface area contributed by atoms with Crippen LogP contribution in [0, 0.1) is 5.92 Å². The second kappa shape index (κ2) is 6.66. The van der Waals surface area contributed by atoms with Gasteiger partial charge in [-0.3, -0.25) is 0 Å². The van der Waals surface area contributed by atoms with Crippen molar-refractivity contribution < 1.29 is 9.90 Å². The van der Waals surface area contributed by atoms with Crippen molar-refractivity contribution in [3.05, 3.63) is 0 Å². The Morgan fingerprint density at radius 3 is 2.83 bits per heavy atom. The Morgan fingerprint density at radius 1 is 1.39 bits per heavy atom. The zero-order valence-electron chi connectivity index (χ0n) is 11.0. The minimum absolute atomic E-state index is 0.123. The molecule has 3 atom stereocenters. The first kappa shape index (κ1) is 14.0. The van der Waals surface area contributed by atoms with Gasteiger partial charge in [-0.1, -0.05) is 6.92 Å². The molecule has 0 bridgehead atoms. The number of carbonyl (C=O) groups is 1. The molecule has 2 aliphatic carbocycles. The third-order valence-electron chi connectivity index (χ3n) is 3.76. The summed E-state index contributed by atoms with van der Waals surface area (Å²) >= 11 is 1.99. The second-order valence-electron chi connectivity index (χ2n) is 5.35. The smallest absolute Gasteiger partial charge is 0.315 e. The van der Waals surface area contributed by atoms with Crippen molar-refractivity contribution in [1.82, 2.24) is 10.6 Å². The SMILES string of the molecule is CCS[C@@H]1CC[C@@H](NC(=O)NC[C@@H](O)C2CC2)C1. The summed E-state index contributed by atoms with van der Waals surface area (Å²) in [6.45, 7) is 2.56. The van der Waals surface area contributed by atoms with Gasteiger partial charge in [0.2, 0.25) is 0 Å². The fourth-order valence-electron chi connectivity index (χ4n) is 2.54. The van der Waals surface area contributed by atoms with Gasteiger partial charge in [0.25, 0.3) is 0 Å². The summed E-state index contributed by atoms with van der Waals surface area (Å²) in [6, 6.07) is 0.189. The van der Waals surface area contributed by atoms with Gasteiger partial charge >= 0.3 is 6.03 Å². The van der Waals surface area contributed by atoms with Crippen molar-refractivity contribution in [2.45, 2.75) is 56.4 Å². The Balaban J connectivity index is 1.59. The molecule has 0 saturated heterocycles. The number of aliphatic hydroxyl groups excluding tert-OH is 1. The van der Waals surface area contributed by atoms with Crippen LogP contribution in [0.4, 0.5) is 4.79 Å². The third-order valence-corrected chi connectivity index (χ3v) is 4.99. The molecule has 3 N–H and O–H groups in total. The topological polar surface area (TPSA) is 61.4 Å². The van der Waals surface area contributed by atoms with Gasteiger partial charge in [0.1, 0.15) is 0 Å². The largest absolute Gasteiger partial charge is 0.391 e. The van der Waals surface area contributed by atoms with Gasteiger partial charge < -0.3 is 15.7 Å². The number of carbonyl (C=O) groups excluding carboxylic acids is 1. The molecule has 0 spiro atoms. The Hall–Kier alpha value is -0.420. The lowest BCUT2D eigenvalue weighted by Gasteiger charge is -2.15. The molecule has 0 aliphatic heterocycles. The van der Waals surface area contributed by atoms with E-state index in [0.717, 1.165) is 31.4 Å². The zero-order valence-corrected chi connectivity index (χ0v) is 11.8. The summed E-state index contributed by atoms with van der Waals surface area (Å²) in [5.41, 5.74) is 0. The van der Waals surface area contributed by atoms with Gasteiger partial charge in [-0.25, -0.2) is 4.79 Å². The molecule has 2 fully saturated rings. The summed E-state index contributed by atoms with van der Waals surface area (Å²) in [5, 5.41) is 16.1. The Kier molecular flexibility index (Phi) is 5.18. The Bertz CT molecular complexity index is 284. The molecule has 2 amide bonds. The molecule has 5 heteroatoms. The molecule has 104 valence electrons. The highest BCUT2D eigenvalue weighted by Crippen LogP contribution is 2.32. The highest BCUT2D eigenvalue weighted by atomic mass is 32.2. The van der Waals surface area contributed by atoms with Crippen molar-refractivity contribution >= 4 is 17.8 Å². The molecule has 0 aromatic rings. The van der Waals surface area contributed by atoms with E-state index in [9.17, 15) is 9.90 Å². The number of thioether (sulfide) groups is 1. The Morgan fingerprint density at radius 2 is 2.17 bits per heavy atom. The van der Waals surface area contributed by atoms with Crippen LogP contribution < -0.4 is 10.6 Å². The summed E-state index contributed by atoms with van der Waals surface area (Å²) in [6.07, 6.45) is 5.20. The van der Waals surface area contributed by atoms with E-state index in [2.05, 4.69) is 17.6 Å². The fourth-order valence-corrected chi connectivity index (χ4v) is 3.68. The molecule has 0 radical (unpaired) electrons. The average Bonchev–Trinajstić information content (AvgIpc) is 3.10. The van der Waals surface area contributed by atoms with Crippen molar-refractivity contribution in [2.75, 3.05) is 12.3 Å². The first-order valence-corrected chi connectivity index (χ1v) is 8.08. The maximum absolute atomic E-state index is 11.7. The Labute approximate surface area is 113 Å². The first-order chi connectivity index (χ1) is 8.69. The summed E-state index contributed by atoms with van der Waals surface area (Å²) in [4.78, 5) is 11.7. The number of rotatable bonds is 6. The summed E-state index contributed by atoms with van der Waals surface area (Å²) in [5.74, 6) is 1.57. The van der Waals surface area contributed by atoms with Gasteiger partial charge in [0, 0.05) is 17.8 Å². The van der Waals surface area contributed by atoms with Crippen molar-refractivity contribution in [3.8, 4) is 0 Å². The zero-order chi connectivity index (χ0) is 13.0. The van der Waals surface area contributed by atoms with Gasteiger partial charge in [0.15, 0.2) is 0 Å². The molecule has 4 nitrogen and oxygen atoms in total. The molecular weight excluding hydrogens is 248 g/mol. The quantitative estimate of drug-likeness (QED) is 0.690. The van der Waals surface area contributed by atoms with Crippen LogP contribution in [0.1, 0.15) is 39.0 Å². The third kappa shape index (κ3) is 4.35. The molecule has 0 aromatic carbocycles. The molecule has 18 heavy (non-hydrogen) atoms. The van der Waals surface area contributed by atoms with Gasteiger partial charge in [-0.05, 0) is 43.8 Å². The van der Waals surface area contributed by atoms with Crippen LogP contribution in [0.2, 0.25) is 0 Å². The lowest BCUT2D eigenvalue weighted by atomic mass is 10.2. The average molecular weight is 272 g/mol. The van der Waals surface area contributed by atoms with E-state index in [1.54, 1.807) is 0 Å². The van der Waals surface area contributed by atoms with E-state index in [-0.39, 0.29) is 12.1 Å².